The van der Waals surface area contributed by atoms with E-state index in [4.69, 9.17) is 12.2 Å². The van der Waals surface area contributed by atoms with Crippen LogP contribution in [-0.4, -0.2) is 38.0 Å². The number of rotatable bonds is 5. The van der Waals surface area contributed by atoms with Gasteiger partial charge in [0.15, 0.2) is 5.11 Å². The molecule has 0 unspecified atom stereocenters. The van der Waals surface area contributed by atoms with Crippen LogP contribution in [0.2, 0.25) is 0 Å². The fourth-order valence-corrected chi connectivity index (χ4v) is 2.71. The maximum Gasteiger partial charge on any atom is 0.242 e. The van der Waals surface area contributed by atoms with Gasteiger partial charge in [0, 0.05) is 25.8 Å². The third-order valence-electron chi connectivity index (χ3n) is 2.86. The third-order valence-corrected chi connectivity index (χ3v) is 4.89. The van der Waals surface area contributed by atoms with Crippen molar-refractivity contribution in [2.75, 3.05) is 19.4 Å². The van der Waals surface area contributed by atoms with E-state index in [1.807, 2.05) is 6.92 Å². The predicted octanol–water partition coefficient (Wildman–Crippen LogP) is 2.02. The average Bonchev–Trinajstić information content (AvgIpc) is 2.38. The van der Waals surface area contributed by atoms with E-state index < -0.39 is 10.0 Å². The Labute approximate surface area is 126 Å². The van der Waals surface area contributed by atoms with Crippen LogP contribution in [0.4, 0.5) is 5.69 Å². The number of thiocarbonyl (C=S) groups is 1. The summed E-state index contributed by atoms with van der Waals surface area (Å²) >= 11 is 5.18. The van der Waals surface area contributed by atoms with Gasteiger partial charge in [-0.25, -0.2) is 12.7 Å². The van der Waals surface area contributed by atoms with Crippen molar-refractivity contribution in [1.82, 2.24) is 9.62 Å². The monoisotopic (exact) mass is 315 g/mol. The molecule has 112 valence electrons. The molecule has 1 aromatic rings. The summed E-state index contributed by atoms with van der Waals surface area (Å²) in [5.74, 6) is 0. The molecule has 1 aromatic carbocycles. The van der Waals surface area contributed by atoms with E-state index in [0.717, 1.165) is 6.42 Å². The van der Waals surface area contributed by atoms with Crippen LogP contribution >= 0.6 is 12.2 Å². The fraction of sp³-hybridized carbons (Fsp3) is 0.462. The van der Waals surface area contributed by atoms with Crippen molar-refractivity contribution in [2.24, 2.45) is 0 Å². The van der Waals surface area contributed by atoms with Gasteiger partial charge in [0.1, 0.15) is 0 Å². The molecule has 5 nitrogen and oxygen atoms in total. The van der Waals surface area contributed by atoms with E-state index in [1.54, 1.807) is 24.3 Å². The van der Waals surface area contributed by atoms with E-state index in [-0.39, 0.29) is 10.9 Å². The van der Waals surface area contributed by atoms with Gasteiger partial charge in [-0.15, -0.1) is 0 Å². The Morgan fingerprint density at radius 1 is 1.40 bits per heavy atom. The largest absolute Gasteiger partial charge is 0.360 e. The minimum Gasteiger partial charge on any atom is -0.360 e. The van der Waals surface area contributed by atoms with Gasteiger partial charge in [-0.1, -0.05) is 13.0 Å². The number of nitrogens with one attached hydrogen (secondary N) is 2. The second-order valence-corrected chi connectivity index (χ2v) is 7.28. The molecule has 0 radical (unpaired) electrons. The Balaban J connectivity index is 2.87. The van der Waals surface area contributed by atoms with Gasteiger partial charge >= 0.3 is 0 Å². The van der Waals surface area contributed by atoms with E-state index >= 15 is 0 Å². The Hall–Kier alpha value is -1.18. The molecule has 0 amide bonds. The van der Waals surface area contributed by atoms with Crippen molar-refractivity contribution < 1.29 is 8.42 Å². The number of sulfonamides is 1. The molecule has 1 atom stereocenters. The number of hydrogen-bond donors (Lipinski definition) is 2. The van der Waals surface area contributed by atoms with Gasteiger partial charge in [-0.05, 0) is 43.8 Å². The molecule has 1 rings (SSSR count). The molecule has 0 aliphatic carbocycles. The molecule has 0 fully saturated rings. The summed E-state index contributed by atoms with van der Waals surface area (Å²) in [6.07, 6.45) is 0.955. The normalized spacial score (nSPS) is 13.1. The Kier molecular flexibility index (Phi) is 5.91. The second-order valence-electron chi connectivity index (χ2n) is 4.72. The van der Waals surface area contributed by atoms with Gasteiger partial charge < -0.3 is 10.6 Å². The molecular formula is C13H21N3O2S2. The second kappa shape index (κ2) is 7.01. The van der Waals surface area contributed by atoms with Crippen LogP contribution in [0.5, 0.6) is 0 Å². The van der Waals surface area contributed by atoms with Crippen molar-refractivity contribution in [3.63, 3.8) is 0 Å². The molecule has 20 heavy (non-hydrogen) atoms. The summed E-state index contributed by atoms with van der Waals surface area (Å²) in [5, 5.41) is 6.60. The maximum absolute atomic E-state index is 12.0. The SMILES string of the molecule is CC[C@H](C)NC(=S)Nc1cccc(S(=O)(=O)N(C)C)c1. The molecule has 2 N–H and O–H groups in total. The summed E-state index contributed by atoms with van der Waals surface area (Å²) in [4.78, 5) is 0.235. The first kappa shape index (κ1) is 16.9. The molecule has 7 heteroatoms. The van der Waals surface area contributed by atoms with Gasteiger partial charge in [-0.2, -0.15) is 0 Å². The summed E-state index contributed by atoms with van der Waals surface area (Å²) in [5.41, 5.74) is 0.647. The lowest BCUT2D eigenvalue weighted by Gasteiger charge is -2.16. The Bertz CT molecular complexity index is 571. The van der Waals surface area contributed by atoms with Crippen molar-refractivity contribution in [3.8, 4) is 0 Å². The molecule has 0 saturated carbocycles. The van der Waals surface area contributed by atoms with Crippen LogP contribution in [0.3, 0.4) is 0 Å². The van der Waals surface area contributed by atoms with Crippen LogP contribution in [0, 0.1) is 0 Å². The highest BCUT2D eigenvalue weighted by Crippen LogP contribution is 2.17. The molecule has 0 aliphatic heterocycles. The first-order valence-corrected chi connectivity index (χ1v) is 8.22. The summed E-state index contributed by atoms with van der Waals surface area (Å²) < 4.78 is 25.3. The summed E-state index contributed by atoms with van der Waals surface area (Å²) in [6.45, 7) is 4.09. The number of benzene rings is 1. The molecular weight excluding hydrogens is 294 g/mol. The lowest BCUT2D eigenvalue weighted by atomic mass is 10.3. The van der Waals surface area contributed by atoms with Crippen molar-refractivity contribution >= 4 is 33.0 Å². The van der Waals surface area contributed by atoms with Gasteiger partial charge in [0.25, 0.3) is 0 Å². The first-order chi connectivity index (χ1) is 9.27. The quantitative estimate of drug-likeness (QED) is 0.814. The van der Waals surface area contributed by atoms with Crippen molar-refractivity contribution in [1.29, 1.82) is 0 Å². The molecule has 0 aromatic heterocycles. The highest BCUT2D eigenvalue weighted by molar-refractivity contribution is 7.89. The van der Waals surface area contributed by atoms with Crippen molar-refractivity contribution in [2.45, 2.75) is 31.2 Å². The maximum atomic E-state index is 12.0. The minimum atomic E-state index is -3.43. The van der Waals surface area contributed by atoms with E-state index in [2.05, 4.69) is 17.6 Å². The molecule has 0 bridgehead atoms. The lowest BCUT2D eigenvalue weighted by molar-refractivity contribution is 0.521. The Morgan fingerprint density at radius 2 is 2.05 bits per heavy atom. The van der Waals surface area contributed by atoms with Crippen LogP contribution in [0.1, 0.15) is 20.3 Å². The summed E-state index contributed by atoms with van der Waals surface area (Å²) in [6, 6.07) is 6.86. The highest BCUT2D eigenvalue weighted by Gasteiger charge is 2.17. The minimum absolute atomic E-state index is 0.235. The topological polar surface area (TPSA) is 61.4 Å². The van der Waals surface area contributed by atoms with Crippen LogP contribution in [0.25, 0.3) is 0 Å². The highest BCUT2D eigenvalue weighted by atomic mass is 32.2. The van der Waals surface area contributed by atoms with Gasteiger partial charge in [0.2, 0.25) is 10.0 Å². The molecule has 0 saturated heterocycles. The number of hydrogen-bond acceptors (Lipinski definition) is 3. The van der Waals surface area contributed by atoms with E-state index in [0.29, 0.717) is 10.8 Å². The Morgan fingerprint density at radius 3 is 2.60 bits per heavy atom. The van der Waals surface area contributed by atoms with Gasteiger partial charge in [0.05, 0.1) is 4.90 Å². The van der Waals surface area contributed by atoms with E-state index in [9.17, 15) is 8.42 Å². The average molecular weight is 315 g/mol. The lowest BCUT2D eigenvalue weighted by Crippen LogP contribution is -2.35. The van der Waals surface area contributed by atoms with Crippen molar-refractivity contribution in [3.05, 3.63) is 24.3 Å². The first-order valence-electron chi connectivity index (χ1n) is 6.37. The number of anilines is 1. The zero-order valence-corrected chi connectivity index (χ0v) is 13.8. The smallest absolute Gasteiger partial charge is 0.242 e. The fourth-order valence-electron chi connectivity index (χ4n) is 1.44. The third kappa shape index (κ3) is 4.43. The molecule has 0 heterocycles. The zero-order valence-electron chi connectivity index (χ0n) is 12.2. The van der Waals surface area contributed by atoms with Crippen LogP contribution in [-0.2, 0) is 10.0 Å². The molecule has 0 aliphatic rings. The van der Waals surface area contributed by atoms with Crippen LogP contribution < -0.4 is 10.6 Å². The standard InChI is InChI=1S/C13H21N3O2S2/c1-5-10(2)14-13(19)15-11-7-6-8-12(9-11)20(17,18)16(3)4/h6-10H,5H2,1-4H3,(H2,14,15,19)/t10-/m0/s1. The van der Waals surface area contributed by atoms with Gasteiger partial charge in [-0.3, -0.25) is 0 Å². The predicted molar refractivity (Wildman–Crippen MR) is 86.4 cm³/mol. The van der Waals surface area contributed by atoms with Crippen LogP contribution in [0.15, 0.2) is 29.2 Å². The zero-order chi connectivity index (χ0) is 15.3. The summed E-state index contributed by atoms with van der Waals surface area (Å²) in [7, 11) is -0.424. The van der Waals surface area contributed by atoms with E-state index in [1.165, 1.54) is 18.4 Å². The molecule has 0 spiro atoms. The number of nitrogens with zero attached hydrogens (tertiary/aromatic N) is 1.